The van der Waals surface area contributed by atoms with Gasteiger partial charge in [0.2, 0.25) is 0 Å². The predicted molar refractivity (Wildman–Crippen MR) is 82.3 cm³/mol. The molecule has 0 aliphatic rings. The molecule has 0 saturated heterocycles. The summed E-state index contributed by atoms with van der Waals surface area (Å²) in [5.41, 5.74) is 5.40. The third-order valence-electron chi connectivity index (χ3n) is 3.43. The zero-order valence-corrected chi connectivity index (χ0v) is 12.1. The molecule has 0 fully saturated rings. The number of benzene rings is 2. The lowest BCUT2D eigenvalue weighted by atomic mass is 10.0. The number of hydrogen-bond acceptors (Lipinski definition) is 1. The molecule has 0 bridgehead atoms. The van der Waals surface area contributed by atoms with Gasteiger partial charge in [0, 0.05) is 13.1 Å². The maximum absolute atomic E-state index is 3.49. The minimum atomic E-state index is 0.606. The van der Waals surface area contributed by atoms with Crippen LogP contribution in [-0.2, 0) is 13.1 Å². The quantitative estimate of drug-likeness (QED) is 0.832. The molecule has 2 aromatic carbocycles. The van der Waals surface area contributed by atoms with Crippen LogP contribution in [0.3, 0.4) is 0 Å². The maximum Gasteiger partial charge on any atom is 0.0208 e. The average Bonchev–Trinajstić information content (AvgIpc) is 2.41. The number of aryl methyl sites for hydroxylation is 1. The Labute approximate surface area is 116 Å². The van der Waals surface area contributed by atoms with Crippen molar-refractivity contribution < 1.29 is 0 Å². The molecule has 1 N–H and O–H groups in total. The lowest BCUT2D eigenvalue weighted by Crippen LogP contribution is -2.12. The average molecular weight is 253 g/mol. The van der Waals surface area contributed by atoms with Gasteiger partial charge < -0.3 is 5.32 Å². The van der Waals surface area contributed by atoms with Gasteiger partial charge in [0.15, 0.2) is 0 Å². The third-order valence-corrected chi connectivity index (χ3v) is 3.43. The van der Waals surface area contributed by atoms with Crippen molar-refractivity contribution in [2.24, 2.45) is 0 Å². The first-order valence-corrected chi connectivity index (χ1v) is 7.00. The Kier molecular flexibility index (Phi) is 4.75. The maximum atomic E-state index is 3.49. The molecule has 19 heavy (non-hydrogen) atoms. The predicted octanol–water partition coefficient (Wildman–Crippen LogP) is 4.41. The summed E-state index contributed by atoms with van der Waals surface area (Å²) in [4.78, 5) is 0. The summed E-state index contributed by atoms with van der Waals surface area (Å²) in [5, 5.41) is 3.49. The molecule has 0 aliphatic heterocycles. The van der Waals surface area contributed by atoms with Crippen molar-refractivity contribution in [2.75, 3.05) is 0 Å². The highest BCUT2D eigenvalue weighted by Crippen LogP contribution is 2.14. The Morgan fingerprint density at radius 1 is 0.789 bits per heavy atom. The van der Waals surface area contributed by atoms with Gasteiger partial charge in [-0.15, -0.1) is 0 Å². The molecule has 0 saturated carbocycles. The third kappa shape index (κ3) is 4.22. The summed E-state index contributed by atoms with van der Waals surface area (Å²) < 4.78 is 0. The number of rotatable bonds is 5. The first kappa shape index (κ1) is 13.8. The first-order chi connectivity index (χ1) is 9.15. The van der Waals surface area contributed by atoms with Crippen molar-refractivity contribution >= 4 is 0 Å². The minimum Gasteiger partial charge on any atom is -0.309 e. The van der Waals surface area contributed by atoms with Crippen LogP contribution in [0, 0.1) is 6.92 Å². The van der Waals surface area contributed by atoms with Gasteiger partial charge >= 0.3 is 0 Å². The van der Waals surface area contributed by atoms with E-state index in [0.29, 0.717) is 5.92 Å². The zero-order valence-electron chi connectivity index (χ0n) is 12.1. The van der Waals surface area contributed by atoms with E-state index in [1.807, 2.05) is 0 Å². The highest BCUT2D eigenvalue weighted by Gasteiger charge is 1.99. The second-order valence-electron chi connectivity index (χ2n) is 5.49. The van der Waals surface area contributed by atoms with Gasteiger partial charge in [0.1, 0.15) is 0 Å². The normalized spacial score (nSPS) is 10.9. The molecule has 1 heteroatoms. The molecular weight excluding hydrogens is 230 g/mol. The van der Waals surface area contributed by atoms with Crippen LogP contribution in [0.5, 0.6) is 0 Å². The topological polar surface area (TPSA) is 12.0 Å². The Morgan fingerprint density at radius 2 is 1.26 bits per heavy atom. The van der Waals surface area contributed by atoms with Gasteiger partial charge in [-0.05, 0) is 29.5 Å². The summed E-state index contributed by atoms with van der Waals surface area (Å²) in [6, 6.07) is 17.6. The standard InChI is InChI=1S/C18H23N/c1-14(2)18-10-8-17(9-11-18)13-19-12-16-6-4-15(3)5-7-16/h4-11,14,19H,12-13H2,1-3H3. The van der Waals surface area contributed by atoms with Crippen molar-refractivity contribution in [1.82, 2.24) is 5.32 Å². The van der Waals surface area contributed by atoms with Crippen LogP contribution in [0.2, 0.25) is 0 Å². The van der Waals surface area contributed by atoms with Crippen molar-refractivity contribution in [2.45, 2.75) is 39.8 Å². The van der Waals surface area contributed by atoms with Crippen LogP contribution in [0.25, 0.3) is 0 Å². The van der Waals surface area contributed by atoms with E-state index >= 15 is 0 Å². The van der Waals surface area contributed by atoms with Crippen molar-refractivity contribution in [3.05, 3.63) is 70.8 Å². The summed E-state index contributed by atoms with van der Waals surface area (Å²) in [7, 11) is 0. The molecule has 2 rings (SSSR count). The Morgan fingerprint density at radius 3 is 1.74 bits per heavy atom. The number of nitrogens with one attached hydrogen (secondary N) is 1. The van der Waals surface area contributed by atoms with Gasteiger partial charge in [-0.2, -0.15) is 0 Å². The second-order valence-corrected chi connectivity index (χ2v) is 5.49. The summed E-state index contributed by atoms with van der Waals surface area (Å²) in [6.45, 7) is 8.42. The van der Waals surface area contributed by atoms with Crippen LogP contribution in [0.15, 0.2) is 48.5 Å². The molecule has 0 radical (unpaired) electrons. The van der Waals surface area contributed by atoms with E-state index in [2.05, 4.69) is 74.6 Å². The van der Waals surface area contributed by atoms with Gasteiger partial charge in [-0.25, -0.2) is 0 Å². The molecule has 0 spiro atoms. The fourth-order valence-corrected chi connectivity index (χ4v) is 2.08. The van der Waals surface area contributed by atoms with Crippen molar-refractivity contribution in [3.63, 3.8) is 0 Å². The van der Waals surface area contributed by atoms with Crippen molar-refractivity contribution in [1.29, 1.82) is 0 Å². The van der Waals surface area contributed by atoms with Gasteiger partial charge in [0.05, 0.1) is 0 Å². The second kappa shape index (κ2) is 6.53. The molecule has 0 amide bonds. The smallest absolute Gasteiger partial charge is 0.0208 e. The summed E-state index contributed by atoms with van der Waals surface area (Å²) in [5.74, 6) is 0.606. The molecule has 0 aromatic heterocycles. The Balaban J connectivity index is 1.83. The highest BCUT2D eigenvalue weighted by atomic mass is 14.8. The highest BCUT2D eigenvalue weighted by molar-refractivity contribution is 5.25. The fourth-order valence-electron chi connectivity index (χ4n) is 2.08. The first-order valence-electron chi connectivity index (χ1n) is 7.00. The van der Waals surface area contributed by atoms with E-state index in [4.69, 9.17) is 0 Å². The molecule has 0 heterocycles. The summed E-state index contributed by atoms with van der Waals surface area (Å²) >= 11 is 0. The van der Waals surface area contributed by atoms with E-state index < -0.39 is 0 Å². The van der Waals surface area contributed by atoms with E-state index in [9.17, 15) is 0 Å². The lowest BCUT2D eigenvalue weighted by Gasteiger charge is -2.08. The van der Waals surface area contributed by atoms with Gasteiger partial charge in [-0.1, -0.05) is 67.9 Å². The van der Waals surface area contributed by atoms with E-state index in [-0.39, 0.29) is 0 Å². The van der Waals surface area contributed by atoms with Crippen LogP contribution in [-0.4, -0.2) is 0 Å². The largest absolute Gasteiger partial charge is 0.309 e. The van der Waals surface area contributed by atoms with Crippen molar-refractivity contribution in [3.8, 4) is 0 Å². The monoisotopic (exact) mass is 253 g/mol. The Bertz CT molecular complexity index is 494. The van der Waals surface area contributed by atoms with E-state index in [1.165, 1.54) is 22.3 Å². The van der Waals surface area contributed by atoms with Crippen LogP contribution in [0.4, 0.5) is 0 Å². The fraction of sp³-hybridized carbons (Fsp3) is 0.333. The Hall–Kier alpha value is -1.60. The van der Waals surface area contributed by atoms with Gasteiger partial charge in [0.25, 0.3) is 0 Å². The van der Waals surface area contributed by atoms with E-state index in [1.54, 1.807) is 0 Å². The summed E-state index contributed by atoms with van der Waals surface area (Å²) in [6.07, 6.45) is 0. The molecule has 0 aliphatic carbocycles. The number of hydrogen-bond donors (Lipinski definition) is 1. The molecular formula is C18H23N. The molecule has 1 nitrogen and oxygen atoms in total. The molecule has 100 valence electrons. The van der Waals surface area contributed by atoms with Crippen LogP contribution < -0.4 is 5.32 Å². The molecule has 0 unspecified atom stereocenters. The minimum absolute atomic E-state index is 0.606. The SMILES string of the molecule is Cc1ccc(CNCc2ccc(C(C)C)cc2)cc1. The van der Waals surface area contributed by atoms with Crippen LogP contribution >= 0.6 is 0 Å². The van der Waals surface area contributed by atoms with Gasteiger partial charge in [-0.3, -0.25) is 0 Å². The zero-order chi connectivity index (χ0) is 13.7. The molecule has 2 aromatic rings. The lowest BCUT2D eigenvalue weighted by molar-refractivity contribution is 0.692. The van der Waals surface area contributed by atoms with E-state index in [0.717, 1.165) is 13.1 Å². The molecule has 0 atom stereocenters. The van der Waals surface area contributed by atoms with Crippen LogP contribution in [0.1, 0.15) is 42.0 Å².